The van der Waals surface area contributed by atoms with Crippen molar-refractivity contribution in [1.29, 1.82) is 0 Å². The van der Waals surface area contributed by atoms with E-state index in [1.165, 1.54) is 103 Å². The van der Waals surface area contributed by atoms with Crippen LogP contribution in [0.15, 0.2) is 72.9 Å². The van der Waals surface area contributed by atoms with Gasteiger partial charge in [0.05, 0.1) is 33.8 Å². The summed E-state index contributed by atoms with van der Waals surface area (Å²) in [7, 11) is 1.17. The number of hydrogen-bond donors (Lipinski definition) is 1. The van der Waals surface area contributed by atoms with E-state index in [2.05, 4.69) is 86.8 Å². The molecule has 0 radical (unpaired) electrons. The van der Waals surface area contributed by atoms with Gasteiger partial charge in [-0.3, -0.25) is 14.2 Å². The van der Waals surface area contributed by atoms with Gasteiger partial charge in [0.15, 0.2) is 0 Å². The Balaban J connectivity index is 5.20. The van der Waals surface area contributed by atoms with E-state index >= 15 is 0 Å². The Morgan fingerprint density at radius 1 is 0.493 bits per heavy atom. The Morgan fingerprint density at radius 3 is 1.37 bits per heavy atom. The van der Waals surface area contributed by atoms with Crippen molar-refractivity contribution in [2.24, 2.45) is 0 Å². The van der Waals surface area contributed by atoms with Crippen molar-refractivity contribution in [3.05, 3.63) is 72.9 Å². The number of rotatable bonds is 52. The van der Waals surface area contributed by atoms with Gasteiger partial charge in [-0.1, -0.05) is 216 Å². The molecule has 10 heteroatoms. The minimum Gasteiger partial charge on any atom is -0.756 e. The molecule has 0 saturated heterocycles. The zero-order chi connectivity index (χ0) is 52.2. The number of ether oxygens (including phenoxy) is 1. The summed E-state index contributed by atoms with van der Waals surface area (Å²) >= 11 is 0. The second-order valence-corrected chi connectivity index (χ2v) is 22.2. The molecule has 0 aliphatic rings. The third kappa shape index (κ3) is 52.1. The normalized spacial score (nSPS) is 14.3. The third-order valence-electron chi connectivity index (χ3n) is 12.6. The van der Waals surface area contributed by atoms with Gasteiger partial charge in [0, 0.05) is 12.8 Å². The molecule has 0 saturated carbocycles. The van der Waals surface area contributed by atoms with Gasteiger partial charge in [-0.25, -0.2) is 0 Å². The first-order chi connectivity index (χ1) is 34.4. The lowest BCUT2D eigenvalue weighted by molar-refractivity contribution is -0.870. The Morgan fingerprint density at radius 2 is 0.873 bits per heavy atom. The Bertz CT molecular complexity index is 1450. The number of phosphoric acid groups is 1. The van der Waals surface area contributed by atoms with Gasteiger partial charge in [-0.2, -0.15) is 0 Å². The van der Waals surface area contributed by atoms with E-state index in [0.717, 1.165) is 109 Å². The van der Waals surface area contributed by atoms with Crippen LogP contribution in [0.2, 0.25) is 0 Å². The van der Waals surface area contributed by atoms with Gasteiger partial charge in [-0.15, -0.1) is 0 Å². The van der Waals surface area contributed by atoms with Crippen molar-refractivity contribution < 1.29 is 37.3 Å². The predicted molar refractivity (Wildman–Crippen MR) is 302 cm³/mol. The standard InChI is InChI=1S/C61H111N2O7P/c1-7-10-13-16-19-22-25-26-27-28-29-30-31-32-33-34-35-36-39-42-45-48-51-54-61(65)70-59(52-49-46-43-40-37-23-20-17-14-11-8-2)58(57-69-71(66,67)68-56-55-63(4,5)6)62-60(64)53-50-47-44-41-38-24-21-18-15-12-9-3/h18-19,21-22,26-27,29-30,32-33,49,52,58-59H,7-17,20,23-25,28,31,34-48,50-51,53-57H2,1-6H3,(H-,62,64,66,67)/b21-18-,22-19-,27-26-,30-29-,33-32-,52-49-. The van der Waals surface area contributed by atoms with Crippen molar-refractivity contribution in [3.8, 4) is 0 Å². The summed E-state index contributed by atoms with van der Waals surface area (Å²) in [5, 5.41) is 3.00. The molecular weight excluding hydrogens is 904 g/mol. The average molecular weight is 1020 g/mol. The molecule has 0 rings (SSSR count). The number of likely N-dealkylation sites (N-methyl/N-ethyl adjacent to an activating group) is 1. The molecule has 0 aromatic carbocycles. The molecule has 1 amide bonds. The number of phosphoric ester groups is 1. The van der Waals surface area contributed by atoms with E-state index in [1.807, 2.05) is 33.3 Å². The molecule has 3 atom stereocenters. The van der Waals surface area contributed by atoms with Crippen LogP contribution < -0.4 is 10.2 Å². The molecule has 0 fully saturated rings. The van der Waals surface area contributed by atoms with Gasteiger partial charge in [0.1, 0.15) is 19.3 Å². The van der Waals surface area contributed by atoms with Crippen molar-refractivity contribution in [1.82, 2.24) is 5.32 Å². The lowest BCUT2D eigenvalue weighted by Gasteiger charge is -2.30. The van der Waals surface area contributed by atoms with Crippen LogP contribution in [-0.4, -0.2) is 69.4 Å². The first-order valence-corrected chi connectivity index (χ1v) is 30.7. The summed E-state index contributed by atoms with van der Waals surface area (Å²) < 4.78 is 30.2. The molecular formula is C61H111N2O7P. The van der Waals surface area contributed by atoms with Crippen LogP contribution in [0.25, 0.3) is 0 Å². The topological polar surface area (TPSA) is 114 Å². The zero-order valence-electron chi connectivity index (χ0n) is 46.9. The molecule has 0 spiro atoms. The number of hydrogen-bond acceptors (Lipinski definition) is 7. The molecule has 0 aromatic rings. The number of allylic oxidation sites excluding steroid dienone is 11. The molecule has 71 heavy (non-hydrogen) atoms. The van der Waals surface area contributed by atoms with Crippen LogP contribution in [0, 0.1) is 0 Å². The number of esters is 1. The number of amides is 1. The van der Waals surface area contributed by atoms with Crippen LogP contribution in [0.1, 0.15) is 252 Å². The molecule has 0 bridgehead atoms. The molecule has 0 aliphatic carbocycles. The number of nitrogens with one attached hydrogen (secondary N) is 1. The fraction of sp³-hybridized carbons (Fsp3) is 0.770. The highest BCUT2D eigenvalue weighted by Crippen LogP contribution is 2.38. The number of carbonyl (C=O) groups excluding carboxylic acids is 2. The highest BCUT2D eigenvalue weighted by atomic mass is 31.2. The van der Waals surface area contributed by atoms with E-state index in [0.29, 0.717) is 23.9 Å². The first kappa shape index (κ1) is 68.5. The van der Waals surface area contributed by atoms with E-state index in [9.17, 15) is 19.0 Å². The third-order valence-corrected chi connectivity index (χ3v) is 13.6. The Kier molecular flexibility index (Phi) is 49.1. The molecule has 412 valence electrons. The number of carbonyl (C=O) groups is 2. The highest BCUT2D eigenvalue weighted by molar-refractivity contribution is 7.45. The summed E-state index contributed by atoms with van der Waals surface area (Å²) in [6, 6.07) is -0.897. The van der Waals surface area contributed by atoms with Crippen LogP contribution in [0.3, 0.4) is 0 Å². The van der Waals surface area contributed by atoms with E-state index in [4.69, 9.17) is 13.8 Å². The van der Waals surface area contributed by atoms with Crippen molar-refractivity contribution in [2.75, 3.05) is 40.9 Å². The minimum absolute atomic E-state index is 0.0281. The smallest absolute Gasteiger partial charge is 0.306 e. The molecule has 1 N–H and O–H groups in total. The van der Waals surface area contributed by atoms with E-state index < -0.39 is 26.6 Å². The van der Waals surface area contributed by atoms with Crippen LogP contribution in [0.5, 0.6) is 0 Å². The highest BCUT2D eigenvalue weighted by Gasteiger charge is 2.27. The molecule has 0 aromatic heterocycles. The molecule has 0 heterocycles. The second-order valence-electron chi connectivity index (χ2n) is 20.8. The molecule has 3 unspecified atom stereocenters. The molecule has 9 nitrogen and oxygen atoms in total. The Labute approximate surface area is 438 Å². The summed E-state index contributed by atoms with van der Waals surface area (Å²) in [5.41, 5.74) is 0. The maximum Gasteiger partial charge on any atom is 0.306 e. The van der Waals surface area contributed by atoms with Gasteiger partial charge < -0.3 is 28.5 Å². The maximum absolute atomic E-state index is 13.4. The second kappa shape index (κ2) is 51.0. The number of quaternary nitrogens is 1. The van der Waals surface area contributed by atoms with Gasteiger partial charge in [-0.05, 0) is 96.0 Å². The van der Waals surface area contributed by atoms with E-state index in [-0.39, 0.29) is 24.9 Å². The summed E-state index contributed by atoms with van der Waals surface area (Å²) in [6.07, 6.45) is 64.4. The van der Waals surface area contributed by atoms with Crippen molar-refractivity contribution >= 4 is 19.7 Å². The van der Waals surface area contributed by atoms with E-state index in [1.54, 1.807) is 0 Å². The summed E-state index contributed by atoms with van der Waals surface area (Å²) in [4.78, 5) is 39.8. The van der Waals surface area contributed by atoms with Gasteiger partial charge in [0.2, 0.25) is 5.91 Å². The fourth-order valence-corrected chi connectivity index (χ4v) is 8.74. The minimum atomic E-state index is -4.70. The fourth-order valence-electron chi connectivity index (χ4n) is 8.01. The van der Waals surface area contributed by atoms with Crippen LogP contribution in [-0.2, 0) is 27.9 Å². The SMILES string of the molecule is CCCC/C=C\CCCCCCCC(=O)NC(COP(=O)([O-])OCC[N+](C)(C)C)C(/C=C\CCCCCCCCCCC)OC(=O)CCCCCCCCC/C=C\C/C=C\C/C=C\C/C=C\CCCCC. The summed E-state index contributed by atoms with van der Waals surface area (Å²) in [6.45, 7) is 6.74. The van der Waals surface area contributed by atoms with Crippen molar-refractivity contribution in [3.63, 3.8) is 0 Å². The summed E-state index contributed by atoms with van der Waals surface area (Å²) in [5.74, 6) is -0.567. The van der Waals surface area contributed by atoms with Crippen LogP contribution >= 0.6 is 7.82 Å². The quantitative estimate of drug-likeness (QED) is 0.0212. The lowest BCUT2D eigenvalue weighted by Crippen LogP contribution is -2.47. The maximum atomic E-state index is 13.4. The number of nitrogens with zero attached hydrogens (tertiary/aromatic N) is 1. The van der Waals surface area contributed by atoms with Gasteiger partial charge in [0.25, 0.3) is 7.82 Å². The average Bonchev–Trinajstić information content (AvgIpc) is 3.33. The Hall–Kier alpha value is -2.55. The lowest BCUT2D eigenvalue weighted by atomic mass is 10.1. The monoisotopic (exact) mass is 1010 g/mol. The number of unbranched alkanes of at least 4 members (excludes halogenated alkanes) is 26. The van der Waals surface area contributed by atoms with Crippen molar-refractivity contribution in [2.45, 2.75) is 264 Å². The first-order valence-electron chi connectivity index (χ1n) is 29.2. The zero-order valence-corrected chi connectivity index (χ0v) is 47.8. The molecule has 0 aliphatic heterocycles. The van der Waals surface area contributed by atoms with Gasteiger partial charge >= 0.3 is 5.97 Å². The van der Waals surface area contributed by atoms with Crippen LogP contribution in [0.4, 0.5) is 0 Å². The predicted octanol–water partition coefficient (Wildman–Crippen LogP) is 17.0. The largest absolute Gasteiger partial charge is 0.756 e.